The van der Waals surface area contributed by atoms with Gasteiger partial charge < -0.3 is 9.13 Å². The van der Waals surface area contributed by atoms with E-state index in [0.29, 0.717) is 0 Å². The van der Waals surface area contributed by atoms with Crippen LogP contribution in [0.15, 0.2) is 115 Å². The van der Waals surface area contributed by atoms with Crippen molar-refractivity contribution in [1.29, 1.82) is 0 Å². The Kier molecular flexibility index (Phi) is 4.44. The Morgan fingerprint density at radius 1 is 0.444 bits per heavy atom. The highest BCUT2D eigenvalue weighted by Crippen LogP contribution is 2.38. The van der Waals surface area contributed by atoms with Crippen molar-refractivity contribution in [2.45, 2.75) is 26.3 Å². The molecule has 0 saturated heterocycles. The van der Waals surface area contributed by atoms with Gasteiger partial charge in [-0.2, -0.15) is 0 Å². The van der Waals surface area contributed by atoms with Crippen molar-refractivity contribution >= 4 is 43.6 Å². The second kappa shape index (κ2) is 7.60. The molecule has 0 aliphatic carbocycles. The fourth-order valence-electron chi connectivity index (χ4n) is 5.88. The van der Waals surface area contributed by atoms with Gasteiger partial charge in [-0.05, 0) is 74.4 Å². The van der Waals surface area contributed by atoms with Gasteiger partial charge >= 0.3 is 0 Å². The minimum Gasteiger partial charge on any atom is -0.335 e. The minimum atomic E-state index is -0.00159. The molecule has 5 aromatic carbocycles. The summed E-state index contributed by atoms with van der Waals surface area (Å²) in [4.78, 5) is 0. The molecule has 0 fully saturated rings. The second-order valence-electron chi connectivity index (χ2n) is 10.7. The van der Waals surface area contributed by atoms with E-state index in [4.69, 9.17) is 0 Å². The first-order valence-electron chi connectivity index (χ1n) is 12.6. The van der Waals surface area contributed by atoms with E-state index in [1.807, 2.05) is 0 Å². The van der Waals surface area contributed by atoms with Crippen molar-refractivity contribution < 1.29 is 0 Å². The van der Waals surface area contributed by atoms with Gasteiger partial charge in [-0.15, -0.1) is 0 Å². The lowest BCUT2D eigenvalue weighted by Crippen LogP contribution is -2.21. The van der Waals surface area contributed by atoms with Gasteiger partial charge in [-0.3, -0.25) is 0 Å². The van der Waals surface area contributed by atoms with Crippen LogP contribution in [-0.2, 0) is 5.54 Å². The number of hydrogen-bond donors (Lipinski definition) is 0. The number of nitrogens with zero attached hydrogens (tertiary/aromatic N) is 2. The summed E-state index contributed by atoms with van der Waals surface area (Å²) in [5.74, 6) is 0. The van der Waals surface area contributed by atoms with Crippen LogP contribution < -0.4 is 0 Å². The molecule has 0 radical (unpaired) electrons. The molecule has 36 heavy (non-hydrogen) atoms. The topological polar surface area (TPSA) is 9.86 Å². The van der Waals surface area contributed by atoms with Gasteiger partial charge in [-0.1, -0.05) is 72.8 Å². The summed E-state index contributed by atoms with van der Waals surface area (Å²) in [6.07, 6.45) is 0. The first kappa shape index (κ1) is 21.0. The van der Waals surface area contributed by atoms with Gasteiger partial charge in [0, 0.05) is 43.8 Å². The van der Waals surface area contributed by atoms with Crippen LogP contribution in [0.2, 0.25) is 0 Å². The molecule has 0 amide bonds. The van der Waals surface area contributed by atoms with Crippen LogP contribution in [0.25, 0.3) is 60.4 Å². The van der Waals surface area contributed by atoms with Crippen LogP contribution in [0, 0.1) is 0 Å². The molecule has 2 nitrogen and oxygen atoms in total. The smallest absolute Gasteiger partial charge is 0.0547 e. The highest BCUT2D eigenvalue weighted by atomic mass is 15.0. The molecule has 2 aromatic heterocycles. The van der Waals surface area contributed by atoms with Crippen LogP contribution in [0.3, 0.4) is 0 Å². The second-order valence-corrected chi connectivity index (χ2v) is 10.7. The third kappa shape index (κ3) is 3.04. The molecular formula is C34H28N2. The van der Waals surface area contributed by atoms with E-state index in [9.17, 15) is 0 Å². The summed E-state index contributed by atoms with van der Waals surface area (Å²) in [5, 5.41) is 5.18. The highest BCUT2D eigenvalue weighted by Gasteiger charge is 2.21. The van der Waals surface area contributed by atoms with Gasteiger partial charge in [0.2, 0.25) is 0 Å². The zero-order valence-corrected chi connectivity index (χ0v) is 20.9. The molecule has 0 atom stereocenters. The fourth-order valence-corrected chi connectivity index (χ4v) is 5.88. The Morgan fingerprint density at radius 2 is 1.00 bits per heavy atom. The molecule has 0 aliphatic heterocycles. The SMILES string of the molecule is CC(C)(C)n1c2ccccc2c2cc(-c3ccc4c5ccccc5n(-c5ccccc5)c4c3)ccc21. The molecule has 0 saturated carbocycles. The number of fused-ring (bicyclic) bond motifs is 6. The summed E-state index contributed by atoms with van der Waals surface area (Å²) in [7, 11) is 0. The maximum Gasteiger partial charge on any atom is 0.0547 e. The molecule has 0 bridgehead atoms. The quantitative estimate of drug-likeness (QED) is 0.241. The first-order chi connectivity index (χ1) is 17.5. The Labute approximate surface area is 211 Å². The van der Waals surface area contributed by atoms with Crippen LogP contribution in [-0.4, -0.2) is 9.13 Å². The molecule has 174 valence electrons. The van der Waals surface area contributed by atoms with Crippen molar-refractivity contribution in [1.82, 2.24) is 9.13 Å². The van der Waals surface area contributed by atoms with Crippen LogP contribution >= 0.6 is 0 Å². The average molecular weight is 465 g/mol. The molecule has 7 aromatic rings. The van der Waals surface area contributed by atoms with E-state index in [1.165, 1.54) is 60.4 Å². The van der Waals surface area contributed by atoms with Crippen molar-refractivity contribution in [3.63, 3.8) is 0 Å². The molecule has 2 heteroatoms. The number of aromatic nitrogens is 2. The van der Waals surface area contributed by atoms with Crippen LogP contribution in [0.1, 0.15) is 20.8 Å². The van der Waals surface area contributed by atoms with Gasteiger partial charge in [0.05, 0.1) is 11.0 Å². The van der Waals surface area contributed by atoms with E-state index >= 15 is 0 Å². The molecule has 7 rings (SSSR count). The maximum absolute atomic E-state index is 2.47. The van der Waals surface area contributed by atoms with E-state index in [1.54, 1.807) is 0 Å². The maximum atomic E-state index is 2.47. The lowest BCUT2D eigenvalue weighted by molar-refractivity contribution is 0.423. The Bertz CT molecular complexity index is 1910. The monoisotopic (exact) mass is 464 g/mol. The van der Waals surface area contributed by atoms with Crippen LogP contribution in [0.4, 0.5) is 0 Å². The largest absolute Gasteiger partial charge is 0.335 e. The lowest BCUT2D eigenvalue weighted by atomic mass is 10.0. The lowest BCUT2D eigenvalue weighted by Gasteiger charge is -2.24. The number of benzene rings is 5. The standard InChI is InChI=1S/C34H28N2/c1-34(2,3)36-31-16-10-8-14-27(31)29-21-23(18-20-32(29)36)24-17-19-28-26-13-7-9-15-30(26)35(33(28)22-24)25-11-5-4-6-12-25/h4-22H,1-3H3. The summed E-state index contributed by atoms with van der Waals surface area (Å²) < 4.78 is 4.86. The molecule has 2 heterocycles. The predicted molar refractivity (Wildman–Crippen MR) is 154 cm³/mol. The van der Waals surface area contributed by atoms with Crippen molar-refractivity contribution in [2.24, 2.45) is 0 Å². The number of para-hydroxylation sites is 3. The summed E-state index contributed by atoms with van der Waals surface area (Å²) in [6, 6.07) is 42.0. The number of hydrogen-bond acceptors (Lipinski definition) is 0. The highest BCUT2D eigenvalue weighted by molar-refractivity contribution is 6.12. The van der Waals surface area contributed by atoms with Gasteiger partial charge in [0.1, 0.15) is 0 Å². The van der Waals surface area contributed by atoms with E-state index in [2.05, 4.69) is 145 Å². The van der Waals surface area contributed by atoms with Gasteiger partial charge in [0.25, 0.3) is 0 Å². The molecule has 0 N–H and O–H groups in total. The molecule has 0 spiro atoms. The van der Waals surface area contributed by atoms with Gasteiger partial charge in [-0.25, -0.2) is 0 Å². The summed E-state index contributed by atoms with van der Waals surface area (Å²) in [5.41, 5.74) is 8.70. The van der Waals surface area contributed by atoms with E-state index in [-0.39, 0.29) is 5.54 Å². The summed E-state index contributed by atoms with van der Waals surface area (Å²) in [6.45, 7) is 6.84. The Hall–Kier alpha value is -4.30. The molecule has 0 unspecified atom stereocenters. The van der Waals surface area contributed by atoms with Crippen molar-refractivity contribution in [2.75, 3.05) is 0 Å². The first-order valence-corrected chi connectivity index (χ1v) is 12.6. The third-order valence-corrected chi connectivity index (χ3v) is 7.36. The van der Waals surface area contributed by atoms with E-state index in [0.717, 1.165) is 0 Å². The van der Waals surface area contributed by atoms with E-state index < -0.39 is 0 Å². The fraction of sp³-hybridized carbons (Fsp3) is 0.118. The van der Waals surface area contributed by atoms with Crippen molar-refractivity contribution in [3.8, 4) is 16.8 Å². The number of rotatable bonds is 2. The van der Waals surface area contributed by atoms with Crippen LogP contribution in [0.5, 0.6) is 0 Å². The summed E-state index contributed by atoms with van der Waals surface area (Å²) >= 11 is 0. The molecule has 0 aliphatic rings. The zero-order valence-electron chi connectivity index (χ0n) is 20.9. The zero-order chi connectivity index (χ0) is 24.4. The Balaban J connectivity index is 1.50. The minimum absolute atomic E-state index is 0.00159. The normalized spacial score (nSPS) is 12.3. The third-order valence-electron chi connectivity index (χ3n) is 7.36. The van der Waals surface area contributed by atoms with Gasteiger partial charge in [0.15, 0.2) is 0 Å². The predicted octanol–water partition coefficient (Wildman–Crippen LogP) is 9.31. The Morgan fingerprint density at radius 3 is 1.75 bits per heavy atom. The average Bonchev–Trinajstić information content (AvgIpc) is 3.41. The molecular weight excluding hydrogens is 436 g/mol. The van der Waals surface area contributed by atoms with Crippen molar-refractivity contribution in [3.05, 3.63) is 115 Å².